The molecule has 1 amide bonds. The van der Waals surface area contributed by atoms with Crippen LogP contribution in [0.1, 0.15) is 16.9 Å². The highest BCUT2D eigenvalue weighted by molar-refractivity contribution is 5.77. The topological polar surface area (TPSA) is 58.0 Å². The van der Waals surface area contributed by atoms with Gasteiger partial charge in [0.1, 0.15) is 11.5 Å². The first kappa shape index (κ1) is 18.5. The summed E-state index contributed by atoms with van der Waals surface area (Å²) in [6, 6.07) is 9.97. The van der Waals surface area contributed by atoms with Gasteiger partial charge in [0, 0.05) is 38.3 Å². The lowest BCUT2D eigenvalue weighted by molar-refractivity contribution is -0.122. The number of ether oxygens (including phenoxy) is 1. The number of hydrogen-bond acceptors (Lipinski definition) is 5. The van der Waals surface area contributed by atoms with Gasteiger partial charge in [0.15, 0.2) is 0 Å². The molecule has 1 aromatic carbocycles. The Bertz CT molecular complexity index is 707. The van der Waals surface area contributed by atoms with Crippen LogP contribution in [0.3, 0.4) is 0 Å². The molecule has 0 aliphatic carbocycles. The van der Waals surface area contributed by atoms with Crippen molar-refractivity contribution in [2.24, 2.45) is 0 Å². The highest BCUT2D eigenvalue weighted by Gasteiger charge is 2.20. The summed E-state index contributed by atoms with van der Waals surface area (Å²) in [6.07, 6.45) is 1.62. The van der Waals surface area contributed by atoms with Crippen molar-refractivity contribution in [1.29, 1.82) is 0 Å². The van der Waals surface area contributed by atoms with Gasteiger partial charge in [-0.25, -0.2) is 0 Å². The van der Waals surface area contributed by atoms with Crippen molar-refractivity contribution in [3.63, 3.8) is 0 Å². The SMILES string of the molecule is COc1ccc(C)cc1CN1CCN(CC(=O)NCc2ccco2)CC1. The molecule has 1 aliphatic rings. The van der Waals surface area contributed by atoms with E-state index in [-0.39, 0.29) is 5.91 Å². The molecule has 1 saturated heterocycles. The molecule has 6 nitrogen and oxygen atoms in total. The van der Waals surface area contributed by atoms with Crippen molar-refractivity contribution < 1.29 is 13.9 Å². The van der Waals surface area contributed by atoms with E-state index in [2.05, 4.69) is 34.2 Å². The Hall–Kier alpha value is -2.31. The summed E-state index contributed by atoms with van der Waals surface area (Å²) in [4.78, 5) is 16.7. The Labute approximate surface area is 154 Å². The van der Waals surface area contributed by atoms with Crippen LogP contribution in [0.2, 0.25) is 0 Å². The van der Waals surface area contributed by atoms with Gasteiger partial charge in [0.2, 0.25) is 5.91 Å². The van der Waals surface area contributed by atoms with Gasteiger partial charge in [0.25, 0.3) is 0 Å². The maximum absolute atomic E-state index is 12.1. The molecular weight excluding hydrogens is 330 g/mol. The quantitative estimate of drug-likeness (QED) is 0.822. The number of furan rings is 1. The number of nitrogens with one attached hydrogen (secondary N) is 1. The van der Waals surface area contributed by atoms with Gasteiger partial charge < -0.3 is 14.5 Å². The molecule has 3 rings (SSSR count). The normalized spacial score (nSPS) is 15.8. The van der Waals surface area contributed by atoms with E-state index in [0.29, 0.717) is 13.1 Å². The third kappa shape index (κ3) is 5.09. The fraction of sp³-hybridized carbons (Fsp3) is 0.450. The van der Waals surface area contributed by atoms with E-state index in [0.717, 1.165) is 44.2 Å². The summed E-state index contributed by atoms with van der Waals surface area (Å²) in [5.41, 5.74) is 2.46. The van der Waals surface area contributed by atoms with E-state index in [4.69, 9.17) is 9.15 Å². The Morgan fingerprint density at radius 3 is 2.65 bits per heavy atom. The zero-order valence-corrected chi connectivity index (χ0v) is 15.5. The minimum absolute atomic E-state index is 0.0372. The van der Waals surface area contributed by atoms with E-state index >= 15 is 0 Å². The molecule has 6 heteroatoms. The zero-order valence-electron chi connectivity index (χ0n) is 15.5. The monoisotopic (exact) mass is 357 g/mol. The summed E-state index contributed by atoms with van der Waals surface area (Å²) in [5, 5.41) is 2.90. The summed E-state index contributed by atoms with van der Waals surface area (Å²) >= 11 is 0. The largest absolute Gasteiger partial charge is 0.496 e. The first-order valence-corrected chi connectivity index (χ1v) is 9.01. The van der Waals surface area contributed by atoms with Crippen molar-refractivity contribution >= 4 is 5.91 Å². The number of methoxy groups -OCH3 is 1. The summed E-state index contributed by atoms with van der Waals surface area (Å²) in [7, 11) is 1.72. The molecule has 1 aromatic heterocycles. The lowest BCUT2D eigenvalue weighted by atomic mass is 10.1. The number of carbonyl (C=O) groups excluding carboxylic acids is 1. The molecule has 0 saturated carbocycles. The minimum Gasteiger partial charge on any atom is -0.496 e. The van der Waals surface area contributed by atoms with Crippen molar-refractivity contribution in [3.8, 4) is 5.75 Å². The maximum atomic E-state index is 12.1. The first-order valence-electron chi connectivity index (χ1n) is 9.01. The van der Waals surface area contributed by atoms with Crippen LogP contribution in [0, 0.1) is 6.92 Å². The van der Waals surface area contributed by atoms with Crippen LogP contribution in [-0.4, -0.2) is 55.5 Å². The number of hydrogen-bond donors (Lipinski definition) is 1. The van der Waals surface area contributed by atoms with Gasteiger partial charge in [-0.3, -0.25) is 14.6 Å². The first-order chi connectivity index (χ1) is 12.6. The predicted octanol–water partition coefficient (Wildman–Crippen LogP) is 2.03. The van der Waals surface area contributed by atoms with Gasteiger partial charge in [0.05, 0.1) is 26.5 Å². The number of piperazine rings is 1. The van der Waals surface area contributed by atoms with Gasteiger partial charge in [-0.1, -0.05) is 17.7 Å². The summed E-state index contributed by atoms with van der Waals surface area (Å²) in [5.74, 6) is 1.75. The van der Waals surface area contributed by atoms with Gasteiger partial charge >= 0.3 is 0 Å². The van der Waals surface area contributed by atoms with E-state index in [1.54, 1.807) is 13.4 Å². The van der Waals surface area contributed by atoms with Crippen molar-refractivity contribution in [1.82, 2.24) is 15.1 Å². The third-order valence-electron chi connectivity index (χ3n) is 4.70. The Balaban J connectivity index is 1.42. The van der Waals surface area contributed by atoms with E-state index < -0.39 is 0 Å². The minimum atomic E-state index is 0.0372. The number of rotatable bonds is 7. The molecule has 0 radical (unpaired) electrons. The second kappa shape index (κ2) is 8.87. The van der Waals surface area contributed by atoms with Crippen LogP contribution in [0.15, 0.2) is 41.0 Å². The fourth-order valence-corrected chi connectivity index (χ4v) is 3.24. The third-order valence-corrected chi connectivity index (χ3v) is 4.70. The van der Waals surface area contributed by atoms with E-state index in [9.17, 15) is 4.79 Å². The molecule has 26 heavy (non-hydrogen) atoms. The molecule has 1 aliphatic heterocycles. The molecule has 140 valence electrons. The molecular formula is C20H27N3O3. The fourth-order valence-electron chi connectivity index (χ4n) is 3.24. The number of amides is 1. The number of nitrogens with zero attached hydrogens (tertiary/aromatic N) is 2. The lowest BCUT2D eigenvalue weighted by Crippen LogP contribution is -2.49. The zero-order chi connectivity index (χ0) is 18.4. The molecule has 2 heterocycles. The van der Waals surface area contributed by atoms with Crippen molar-refractivity contribution in [3.05, 3.63) is 53.5 Å². The van der Waals surface area contributed by atoms with Crippen molar-refractivity contribution in [2.75, 3.05) is 39.8 Å². The number of carbonyl (C=O) groups is 1. The standard InChI is InChI=1S/C20H27N3O3/c1-16-5-6-19(25-2)17(12-16)14-22-7-9-23(10-8-22)15-20(24)21-13-18-4-3-11-26-18/h3-6,11-12H,7-10,13-15H2,1-2H3,(H,21,24). The van der Waals surface area contributed by atoms with Crippen LogP contribution in [-0.2, 0) is 17.9 Å². The molecule has 0 spiro atoms. The Kier molecular flexibility index (Phi) is 6.30. The number of aryl methyl sites for hydroxylation is 1. The van der Waals surface area contributed by atoms with Gasteiger partial charge in [-0.15, -0.1) is 0 Å². The molecule has 0 unspecified atom stereocenters. The highest BCUT2D eigenvalue weighted by atomic mass is 16.5. The van der Waals surface area contributed by atoms with Crippen molar-refractivity contribution in [2.45, 2.75) is 20.0 Å². The second-order valence-corrected chi connectivity index (χ2v) is 6.72. The summed E-state index contributed by atoms with van der Waals surface area (Å²) < 4.78 is 10.7. The number of benzene rings is 1. The molecule has 1 fully saturated rings. The van der Waals surface area contributed by atoms with Crippen LogP contribution < -0.4 is 10.1 Å². The maximum Gasteiger partial charge on any atom is 0.234 e. The molecule has 2 aromatic rings. The van der Waals surface area contributed by atoms with Crippen LogP contribution in [0.25, 0.3) is 0 Å². The smallest absolute Gasteiger partial charge is 0.234 e. The highest BCUT2D eigenvalue weighted by Crippen LogP contribution is 2.22. The van der Waals surface area contributed by atoms with Gasteiger partial charge in [-0.05, 0) is 25.1 Å². The average molecular weight is 357 g/mol. The van der Waals surface area contributed by atoms with Crippen LogP contribution in [0.4, 0.5) is 0 Å². The average Bonchev–Trinajstić information content (AvgIpc) is 3.15. The summed E-state index contributed by atoms with van der Waals surface area (Å²) in [6.45, 7) is 7.53. The van der Waals surface area contributed by atoms with E-state index in [1.165, 1.54) is 11.1 Å². The Morgan fingerprint density at radius 2 is 1.96 bits per heavy atom. The molecule has 0 bridgehead atoms. The molecule has 0 atom stereocenters. The van der Waals surface area contributed by atoms with Gasteiger partial charge in [-0.2, -0.15) is 0 Å². The van der Waals surface area contributed by atoms with Crippen LogP contribution in [0.5, 0.6) is 5.75 Å². The second-order valence-electron chi connectivity index (χ2n) is 6.72. The van der Waals surface area contributed by atoms with E-state index in [1.807, 2.05) is 18.2 Å². The predicted molar refractivity (Wildman–Crippen MR) is 100 cm³/mol. The Morgan fingerprint density at radius 1 is 1.19 bits per heavy atom. The van der Waals surface area contributed by atoms with Crippen LogP contribution >= 0.6 is 0 Å². The lowest BCUT2D eigenvalue weighted by Gasteiger charge is -2.34. The molecule has 1 N–H and O–H groups in total.